The van der Waals surface area contributed by atoms with E-state index in [1.165, 1.54) is 19.3 Å². The molecule has 4 N–H and O–H groups in total. The minimum absolute atomic E-state index is 0.104. The topological polar surface area (TPSA) is 125 Å². The Morgan fingerprint density at radius 2 is 1.93 bits per heavy atom. The van der Waals surface area contributed by atoms with Gasteiger partial charge in [-0.1, -0.05) is 6.07 Å². The summed E-state index contributed by atoms with van der Waals surface area (Å²) < 4.78 is 10.2. The molecule has 150 valence electrons. The number of methoxy groups -OCH3 is 1. The van der Waals surface area contributed by atoms with Crippen molar-refractivity contribution in [1.29, 1.82) is 0 Å². The second-order valence-corrected chi connectivity index (χ2v) is 6.90. The van der Waals surface area contributed by atoms with Crippen molar-refractivity contribution < 1.29 is 34.4 Å². The quantitative estimate of drug-likeness (QED) is 0.508. The number of aliphatic hydroxyl groups is 2. The van der Waals surface area contributed by atoms with Crippen molar-refractivity contribution in [3.63, 3.8) is 0 Å². The predicted octanol–water partition coefficient (Wildman–Crippen LogP) is 2.10. The van der Waals surface area contributed by atoms with Gasteiger partial charge in [0.15, 0.2) is 0 Å². The molecule has 0 fully saturated rings. The molecule has 0 aliphatic heterocycles. The first-order valence-electron chi connectivity index (χ1n) is 8.45. The third kappa shape index (κ3) is 8.10. The van der Waals surface area contributed by atoms with Crippen LogP contribution in [0.1, 0.15) is 44.4 Å². The largest absolute Gasteiger partial charge is 0.496 e. The molecule has 1 amide bonds. The van der Waals surface area contributed by atoms with Crippen LogP contribution in [0.3, 0.4) is 0 Å². The molecule has 0 saturated heterocycles. The van der Waals surface area contributed by atoms with E-state index in [4.69, 9.17) is 14.6 Å². The van der Waals surface area contributed by atoms with Gasteiger partial charge in [0.2, 0.25) is 0 Å². The fraction of sp³-hybridized carbons (Fsp3) is 0.474. The number of hydrogen-bond acceptors (Lipinski definition) is 6. The Labute approximate surface area is 158 Å². The monoisotopic (exact) mass is 381 g/mol. The molecule has 27 heavy (non-hydrogen) atoms. The zero-order valence-corrected chi connectivity index (χ0v) is 15.9. The molecule has 0 bridgehead atoms. The van der Waals surface area contributed by atoms with Crippen LogP contribution in [0.25, 0.3) is 6.08 Å². The minimum Gasteiger partial charge on any atom is -0.496 e. The van der Waals surface area contributed by atoms with Crippen LogP contribution in [0.5, 0.6) is 5.75 Å². The maximum atomic E-state index is 11.6. The number of carboxylic acid groups (broad SMARTS) is 1. The average molecular weight is 381 g/mol. The molecule has 2 unspecified atom stereocenters. The average Bonchev–Trinajstić information content (AvgIpc) is 2.57. The van der Waals surface area contributed by atoms with Gasteiger partial charge >= 0.3 is 12.1 Å². The van der Waals surface area contributed by atoms with E-state index in [0.29, 0.717) is 16.9 Å². The highest BCUT2D eigenvalue weighted by atomic mass is 16.6. The van der Waals surface area contributed by atoms with E-state index in [9.17, 15) is 19.8 Å². The molecular weight excluding hydrogens is 354 g/mol. The molecule has 0 saturated carbocycles. The molecule has 1 rings (SSSR count). The van der Waals surface area contributed by atoms with E-state index in [1.807, 2.05) is 0 Å². The summed E-state index contributed by atoms with van der Waals surface area (Å²) in [4.78, 5) is 22.3. The van der Waals surface area contributed by atoms with Crippen molar-refractivity contribution in [2.24, 2.45) is 0 Å². The van der Waals surface area contributed by atoms with Gasteiger partial charge in [0.1, 0.15) is 17.5 Å². The van der Waals surface area contributed by atoms with Crippen LogP contribution < -0.4 is 10.1 Å². The lowest BCUT2D eigenvalue weighted by Gasteiger charge is -2.21. The van der Waals surface area contributed by atoms with Gasteiger partial charge in [-0.05, 0) is 51.0 Å². The molecule has 1 aromatic rings. The van der Waals surface area contributed by atoms with Gasteiger partial charge in [-0.2, -0.15) is 0 Å². The van der Waals surface area contributed by atoms with Crippen molar-refractivity contribution in [1.82, 2.24) is 5.32 Å². The molecule has 2 atom stereocenters. The number of amides is 1. The first kappa shape index (κ1) is 22.5. The number of carboxylic acids is 1. The van der Waals surface area contributed by atoms with Crippen molar-refractivity contribution in [2.75, 3.05) is 13.7 Å². The standard InChI is InChI=1S/C19H27NO7/c1-19(2,3)27-18(25)20-10-9-14(21)17(24)13-5-7-15(26-4)12(11-13)6-8-16(22)23/h5-8,11,14,17,21,24H,9-10H2,1-4H3,(H,20,25)(H,22,23)/b8-6+. The molecule has 8 nitrogen and oxygen atoms in total. The molecule has 0 aliphatic carbocycles. The van der Waals surface area contributed by atoms with Crippen molar-refractivity contribution >= 4 is 18.1 Å². The van der Waals surface area contributed by atoms with Gasteiger partial charge < -0.3 is 30.1 Å². The summed E-state index contributed by atoms with van der Waals surface area (Å²) in [5.74, 6) is -0.680. The first-order chi connectivity index (χ1) is 12.5. The number of carbonyl (C=O) groups excluding carboxylic acids is 1. The Kier molecular flexibility index (Phi) is 8.27. The van der Waals surface area contributed by atoms with Crippen LogP contribution in [0, 0.1) is 0 Å². The van der Waals surface area contributed by atoms with Crippen LogP contribution in [0.4, 0.5) is 4.79 Å². The van der Waals surface area contributed by atoms with E-state index in [2.05, 4.69) is 5.32 Å². The molecule has 0 radical (unpaired) electrons. The van der Waals surface area contributed by atoms with E-state index >= 15 is 0 Å². The number of aliphatic carboxylic acids is 1. The lowest BCUT2D eigenvalue weighted by Crippen LogP contribution is -2.34. The van der Waals surface area contributed by atoms with E-state index < -0.39 is 29.9 Å². The van der Waals surface area contributed by atoms with Gasteiger partial charge in [0.05, 0.1) is 13.2 Å². The van der Waals surface area contributed by atoms with Gasteiger partial charge in [-0.25, -0.2) is 9.59 Å². The number of alkyl carbamates (subject to hydrolysis) is 1. The SMILES string of the molecule is COc1ccc(C(O)C(O)CCNC(=O)OC(C)(C)C)cc1/C=C/C(=O)O. The van der Waals surface area contributed by atoms with E-state index in [0.717, 1.165) is 6.08 Å². The second kappa shape index (κ2) is 9.94. The zero-order chi connectivity index (χ0) is 20.6. The van der Waals surface area contributed by atoms with Crippen molar-refractivity contribution in [2.45, 2.75) is 45.0 Å². The van der Waals surface area contributed by atoms with Crippen LogP contribution in [-0.2, 0) is 9.53 Å². The first-order valence-corrected chi connectivity index (χ1v) is 8.45. The lowest BCUT2D eigenvalue weighted by molar-refractivity contribution is -0.131. The highest BCUT2D eigenvalue weighted by molar-refractivity contribution is 5.86. The predicted molar refractivity (Wildman–Crippen MR) is 99.5 cm³/mol. The maximum absolute atomic E-state index is 11.6. The second-order valence-electron chi connectivity index (χ2n) is 6.90. The van der Waals surface area contributed by atoms with Gasteiger partial charge in [-0.3, -0.25) is 0 Å². The minimum atomic E-state index is -1.21. The number of rotatable bonds is 8. The van der Waals surface area contributed by atoms with Gasteiger partial charge in [0.25, 0.3) is 0 Å². The number of benzene rings is 1. The van der Waals surface area contributed by atoms with Gasteiger partial charge in [-0.15, -0.1) is 0 Å². The Hall–Kier alpha value is -2.58. The third-order valence-corrected chi connectivity index (χ3v) is 3.47. The number of nitrogens with one attached hydrogen (secondary N) is 1. The zero-order valence-electron chi connectivity index (χ0n) is 15.9. The fourth-order valence-corrected chi connectivity index (χ4v) is 2.24. The molecule has 0 aliphatic rings. The number of hydrogen-bond donors (Lipinski definition) is 4. The summed E-state index contributed by atoms with van der Waals surface area (Å²) >= 11 is 0. The van der Waals surface area contributed by atoms with Crippen molar-refractivity contribution in [3.05, 3.63) is 35.4 Å². The third-order valence-electron chi connectivity index (χ3n) is 3.47. The molecule has 8 heteroatoms. The lowest BCUT2D eigenvalue weighted by atomic mass is 9.99. The van der Waals surface area contributed by atoms with E-state index in [-0.39, 0.29) is 13.0 Å². The summed E-state index contributed by atoms with van der Waals surface area (Å²) in [6.07, 6.45) is -0.553. The Morgan fingerprint density at radius 1 is 1.26 bits per heavy atom. The Bertz CT molecular complexity index is 679. The van der Waals surface area contributed by atoms with E-state index in [1.54, 1.807) is 32.9 Å². The molecular formula is C19H27NO7. The van der Waals surface area contributed by atoms with Crippen molar-refractivity contribution in [3.8, 4) is 5.75 Å². The summed E-state index contributed by atoms with van der Waals surface area (Å²) in [7, 11) is 1.45. The summed E-state index contributed by atoms with van der Waals surface area (Å²) in [6.45, 7) is 5.34. The summed E-state index contributed by atoms with van der Waals surface area (Å²) in [5, 5.41) is 31.8. The highest BCUT2D eigenvalue weighted by Crippen LogP contribution is 2.27. The number of aliphatic hydroxyl groups excluding tert-OH is 2. The molecule has 1 aromatic carbocycles. The molecule has 0 aromatic heterocycles. The van der Waals surface area contributed by atoms with Crippen LogP contribution >= 0.6 is 0 Å². The van der Waals surface area contributed by atoms with Gasteiger partial charge in [0, 0.05) is 18.2 Å². The smallest absolute Gasteiger partial charge is 0.407 e. The summed E-state index contributed by atoms with van der Waals surface area (Å²) in [5.41, 5.74) is 0.228. The highest BCUT2D eigenvalue weighted by Gasteiger charge is 2.21. The Morgan fingerprint density at radius 3 is 2.48 bits per heavy atom. The molecule has 0 spiro atoms. The maximum Gasteiger partial charge on any atom is 0.407 e. The summed E-state index contributed by atoms with van der Waals surface area (Å²) in [6, 6.07) is 4.69. The van der Waals surface area contributed by atoms with Crippen LogP contribution in [-0.4, -0.2) is 52.7 Å². The number of ether oxygens (including phenoxy) is 2. The fourth-order valence-electron chi connectivity index (χ4n) is 2.24. The van der Waals surface area contributed by atoms with Crippen LogP contribution in [0.15, 0.2) is 24.3 Å². The number of carbonyl (C=O) groups is 2. The van der Waals surface area contributed by atoms with Crippen LogP contribution in [0.2, 0.25) is 0 Å². The molecule has 0 heterocycles. The normalized spacial score (nSPS) is 13.9. The Balaban J connectivity index is 2.72.